The van der Waals surface area contributed by atoms with Gasteiger partial charge in [0.2, 0.25) is 0 Å². The van der Waals surface area contributed by atoms with Gasteiger partial charge in [0.15, 0.2) is 8.32 Å². The molecule has 0 N–H and O–H groups in total. The minimum atomic E-state index is -1.84. The summed E-state index contributed by atoms with van der Waals surface area (Å²) >= 11 is 0. The maximum atomic E-state index is 6.03. The van der Waals surface area contributed by atoms with Crippen molar-refractivity contribution in [2.24, 2.45) is 5.92 Å². The molecule has 0 aromatic rings. The molecule has 0 aromatic carbocycles. The summed E-state index contributed by atoms with van der Waals surface area (Å²) in [5.41, 5.74) is 0. The molecule has 0 unspecified atom stereocenters. The topological polar surface area (TPSA) is 18.5 Å². The Hall–Kier alpha value is 0.354. The smallest absolute Gasteiger partial charge is 0.321 e. The van der Waals surface area contributed by atoms with Crippen LogP contribution in [0.25, 0.3) is 0 Å². The summed E-state index contributed by atoms with van der Waals surface area (Å²) < 4.78 is 11.8. The zero-order valence-corrected chi connectivity index (χ0v) is 12.1. The number of hydrogen-bond donors (Lipinski definition) is 0. The van der Waals surface area contributed by atoms with E-state index in [1.807, 2.05) is 0 Å². The van der Waals surface area contributed by atoms with E-state index in [-0.39, 0.29) is 0 Å². The SMILES string of the molecule is CC(C)CO[Si](C)(C)O[Si](C)(C)C. The standard InChI is InChI=1S/C9H24O2Si2/c1-9(2)8-10-13(6,7)11-12(3,4)5/h9H,8H2,1-7H3. The molecule has 0 aromatic heterocycles. The van der Waals surface area contributed by atoms with E-state index in [9.17, 15) is 0 Å². The molecule has 0 aliphatic rings. The van der Waals surface area contributed by atoms with Gasteiger partial charge < -0.3 is 8.54 Å². The fraction of sp³-hybridized carbons (Fsp3) is 1.00. The van der Waals surface area contributed by atoms with Crippen molar-refractivity contribution in [3.05, 3.63) is 0 Å². The van der Waals surface area contributed by atoms with Crippen molar-refractivity contribution in [2.45, 2.75) is 46.6 Å². The van der Waals surface area contributed by atoms with Crippen molar-refractivity contribution < 1.29 is 8.54 Å². The predicted octanol–water partition coefficient (Wildman–Crippen LogP) is 3.21. The Morgan fingerprint density at radius 3 is 1.77 bits per heavy atom. The largest absolute Gasteiger partial charge is 0.436 e. The summed E-state index contributed by atoms with van der Waals surface area (Å²) in [5.74, 6) is 0.594. The van der Waals surface area contributed by atoms with Gasteiger partial charge in [-0.05, 0) is 38.7 Å². The molecule has 0 fully saturated rings. The van der Waals surface area contributed by atoms with E-state index in [2.05, 4.69) is 46.6 Å². The molecule has 0 radical (unpaired) electrons. The fourth-order valence-corrected chi connectivity index (χ4v) is 8.00. The highest BCUT2D eigenvalue weighted by Gasteiger charge is 2.31. The van der Waals surface area contributed by atoms with Gasteiger partial charge in [-0.15, -0.1) is 0 Å². The minimum absolute atomic E-state index is 0.594. The lowest BCUT2D eigenvalue weighted by atomic mass is 10.2. The van der Waals surface area contributed by atoms with Crippen LogP contribution in [0.15, 0.2) is 0 Å². The molecule has 0 aliphatic heterocycles. The molecule has 0 spiro atoms. The van der Waals surface area contributed by atoms with E-state index in [1.54, 1.807) is 0 Å². The first-order valence-corrected chi connectivity index (χ1v) is 11.2. The molecule has 0 saturated heterocycles. The first-order valence-electron chi connectivity index (χ1n) is 4.96. The van der Waals surface area contributed by atoms with Gasteiger partial charge in [0, 0.05) is 6.61 Å². The van der Waals surface area contributed by atoms with E-state index in [4.69, 9.17) is 8.54 Å². The highest BCUT2D eigenvalue weighted by molar-refractivity contribution is 6.81. The highest BCUT2D eigenvalue weighted by Crippen LogP contribution is 2.15. The lowest BCUT2D eigenvalue weighted by Crippen LogP contribution is -2.45. The van der Waals surface area contributed by atoms with Gasteiger partial charge in [0.05, 0.1) is 0 Å². The molecule has 0 aliphatic carbocycles. The van der Waals surface area contributed by atoms with Crippen LogP contribution in [-0.2, 0) is 8.54 Å². The van der Waals surface area contributed by atoms with Crippen molar-refractivity contribution >= 4 is 16.9 Å². The molecule has 0 rings (SSSR count). The maximum absolute atomic E-state index is 6.03. The molecule has 2 nitrogen and oxygen atoms in total. The second-order valence-electron chi connectivity index (χ2n) is 5.32. The van der Waals surface area contributed by atoms with Crippen LogP contribution in [0.5, 0.6) is 0 Å². The first kappa shape index (κ1) is 13.4. The Balaban J connectivity index is 3.94. The van der Waals surface area contributed by atoms with Crippen LogP contribution in [0, 0.1) is 5.92 Å². The normalized spacial score (nSPS) is 13.8. The summed E-state index contributed by atoms with van der Waals surface area (Å²) in [6.07, 6.45) is 0. The number of hydrogen-bond acceptors (Lipinski definition) is 2. The predicted molar refractivity (Wildman–Crippen MR) is 62.7 cm³/mol. The molecule has 0 saturated carbocycles. The summed E-state index contributed by atoms with van der Waals surface area (Å²) in [7, 11) is -3.27. The van der Waals surface area contributed by atoms with Crippen molar-refractivity contribution in [2.75, 3.05) is 6.61 Å². The minimum Gasteiger partial charge on any atom is -0.436 e. The molecule has 80 valence electrons. The van der Waals surface area contributed by atoms with Gasteiger partial charge in [-0.25, -0.2) is 0 Å². The fourth-order valence-electron chi connectivity index (χ4n) is 1.13. The average molecular weight is 220 g/mol. The zero-order chi connectivity index (χ0) is 10.7. The molecular formula is C9H24O2Si2. The average Bonchev–Trinajstić information content (AvgIpc) is 1.78. The summed E-state index contributed by atoms with van der Waals surface area (Å²) in [6, 6.07) is 0. The van der Waals surface area contributed by atoms with Gasteiger partial charge in [0.25, 0.3) is 0 Å². The van der Waals surface area contributed by atoms with E-state index >= 15 is 0 Å². The molecule has 0 amide bonds. The second-order valence-corrected chi connectivity index (χ2v) is 13.4. The van der Waals surface area contributed by atoms with Crippen molar-refractivity contribution in [1.29, 1.82) is 0 Å². The van der Waals surface area contributed by atoms with E-state index in [0.29, 0.717) is 5.92 Å². The second kappa shape index (κ2) is 4.73. The number of rotatable bonds is 5. The van der Waals surface area contributed by atoms with Gasteiger partial charge in [0.1, 0.15) is 0 Å². The zero-order valence-electron chi connectivity index (χ0n) is 10.1. The highest BCUT2D eigenvalue weighted by atomic mass is 28.4. The van der Waals surface area contributed by atoms with Crippen molar-refractivity contribution in [3.8, 4) is 0 Å². The first-order chi connectivity index (χ1) is 5.62. The van der Waals surface area contributed by atoms with E-state index < -0.39 is 16.9 Å². The van der Waals surface area contributed by atoms with Gasteiger partial charge >= 0.3 is 8.56 Å². The Morgan fingerprint density at radius 1 is 1.00 bits per heavy atom. The maximum Gasteiger partial charge on any atom is 0.321 e. The quantitative estimate of drug-likeness (QED) is 0.662. The summed E-state index contributed by atoms with van der Waals surface area (Å²) in [4.78, 5) is 0. The van der Waals surface area contributed by atoms with Gasteiger partial charge in [-0.3, -0.25) is 0 Å². The van der Waals surface area contributed by atoms with Crippen LogP contribution in [0.2, 0.25) is 32.7 Å². The Labute approximate surface area is 85.0 Å². The van der Waals surface area contributed by atoms with E-state index in [1.165, 1.54) is 0 Å². The van der Waals surface area contributed by atoms with Crippen molar-refractivity contribution in [1.82, 2.24) is 0 Å². The van der Waals surface area contributed by atoms with Crippen LogP contribution in [0.1, 0.15) is 13.8 Å². The van der Waals surface area contributed by atoms with Crippen LogP contribution in [0.3, 0.4) is 0 Å². The van der Waals surface area contributed by atoms with E-state index in [0.717, 1.165) is 6.61 Å². The van der Waals surface area contributed by atoms with Gasteiger partial charge in [-0.2, -0.15) is 0 Å². The molecule has 4 heteroatoms. The molecule has 0 heterocycles. The summed E-state index contributed by atoms with van der Waals surface area (Å²) in [5, 5.41) is 0. The van der Waals surface area contributed by atoms with Crippen molar-refractivity contribution in [3.63, 3.8) is 0 Å². The third-order valence-corrected chi connectivity index (χ3v) is 6.59. The molecule has 0 bridgehead atoms. The van der Waals surface area contributed by atoms with Crippen LogP contribution >= 0.6 is 0 Å². The third kappa shape index (κ3) is 8.68. The third-order valence-electron chi connectivity index (χ3n) is 1.32. The molecule has 0 atom stereocenters. The van der Waals surface area contributed by atoms with Gasteiger partial charge in [-0.1, -0.05) is 13.8 Å². The van der Waals surface area contributed by atoms with Crippen LogP contribution in [-0.4, -0.2) is 23.5 Å². The summed E-state index contributed by atoms with van der Waals surface area (Å²) in [6.45, 7) is 16.0. The Kier molecular flexibility index (Phi) is 4.86. The Morgan fingerprint density at radius 2 is 1.46 bits per heavy atom. The lowest BCUT2D eigenvalue weighted by Gasteiger charge is -2.31. The Bertz CT molecular complexity index is 150. The lowest BCUT2D eigenvalue weighted by molar-refractivity contribution is 0.214. The molecular weight excluding hydrogens is 196 g/mol. The monoisotopic (exact) mass is 220 g/mol. The molecule has 13 heavy (non-hydrogen) atoms. The van der Waals surface area contributed by atoms with Crippen LogP contribution in [0.4, 0.5) is 0 Å². The van der Waals surface area contributed by atoms with Crippen LogP contribution < -0.4 is 0 Å².